The molecule has 0 saturated heterocycles. The average Bonchev–Trinajstić information content (AvgIpc) is 2.38. The van der Waals surface area contributed by atoms with E-state index in [1.807, 2.05) is 0 Å². The van der Waals surface area contributed by atoms with Gasteiger partial charge >= 0.3 is 29.6 Å². The first-order valence-corrected chi connectivity index (χ1v) is 5.84. The number of hydrogen-bond acceptors (Lipinski definition) is 5. The molecule has 0 saturated carbocycles. The van der Waals surface area contributed by atoms with Crippen LogP contribution in [0.5, 0.6) is 17.2 Å². The molecule has 0 fully saturated rings. The zero-order valence-electron chi connectivity index (χ0n) is 12.2. The topological polar surface area (TPSA) is 90.9 Å². The first-order chi connectivity index (χ1) is 9.54. The maximum atomic E-state index is 12.0. The molecule has 0 bridgehead atoms. The van der Waals surface area contributed by atoms with E-state index in [0.29, 0.717) is 5.56 Å². The van der Waals surface area contributed by atoms with Crippen LogP contribution in [0.15, 0.2) is 51.7 Å². The first kappa shape index (κ1) is 15.4. The second-order valence-electron chi connectivity index (χ2n) is 4.36. The molecule has 0 radical (unpaired) electrons. The van der Waals surface area contributed by atoms with E-state index in [1.165, 1.54) is 24.3 Å². The van der Waals surface area contributed by atoms with Gasteiger partial charge in [-0.3, -0.25) is 4.79 Å². The summed E-state index contributed by atoms with van der Waals surface area (Å²) < 4.78 is 5.53. The van der Waals surface area contributed by atoms with Crippen molar-refractivity contribution in [2.75, 3.05) is 0 Å². The van der Waals surface area contributed by atoms with Gasteiger partial charge in [-0.15, -0.1) is 0 Å². The van der Waals surface area contributed by atoms with Crippen LogP contribution < -0.4 is 35.0 Å². The van der Waals surface area contributed by atoms with Crippen LogP contribution in [0.2, 0.25) is 0 Å². The van der Waals surface area contributed by atoms with E-state index < -0.39 is 5.43 Å². The molecule has 1 aromatic heterocycles. The Kier molecular flexibility index (Phi) is 4.27. The fourth-order valence-corrected chi connectivity index (χ4v) is 2.02. The van der Waals surface area contributed by atoms with Gasteiger partial charge in [0.25, 0.3) is 0 Å². The average molecular weight is 294 g/mol. The summed E-state index contributed by atoms with van der Waals surface area (Å²) in [5.74, 6) is -0.133. The van der Waals surface area contributed by atoms with Gasteiger partial charge < -0.3 is 21.2 Å². The van der Waals surface area contributed by atoms with Crippen molar-refractivity contribution in [3.63, 3.8) is 0 Å². The summed E-state index contributed by atoms with van der Waals surface area (Å²) in [5.41, 5.74) is 0.287. The summed E-state index contributed by atoms with van der Waals surface area (Å²) in [6, 6.07) is 9.74. The van der Waals surface area contributed by atoms with Gasteiger partial charge in [-0.2, -0.15) is 0 Å². The summed E-state index contributed by atoms with van der Waals surface area (Å²) in [6.45, 7) is 0. The molecule has 0 amide bonds. The van der Waals surface area contributed by atoms with Crippen molar-refractivity contribution in [1.29, 1.82) is 0 Å². The van der Waals surface area contributed by atoms with Crippen molar-refractivity contribution in [2.24, 2.45) is 0 Å². The number of hydrogen-bond donors (Lipinski definition) is 3. The van der Waals surface area contributed by atoms with Crippen LogP contribution in [0.3, 0.4) is 0 Å². The Hall–Kier alpha value is -1.95. The monoisotopic (exact) mass is 294 g/mol. The molecular weight excluding hydrogens is 283 g/mol. The molecule has 6 heteroatoms. The fourth-order valence-electron chi connectivity index (χ4n) is 2.02. The maximum Gasteiger partial charge on any atom is 1.00 e. The molecule has 0 unspecified atom stereocenters. The maximum absolute atomic E-state index is 12.0. The minimum atomic E-state index is -0.410. The van der Waals surface area contributed by atoms with E-state index in [1.54, 1.807) is 12.1 Å². The van der Waals surface area contributed by atoms with E-state index >= 15 is 0 Å². The third kappa shape index (κ3) is 2.90. The standard InChI is InChI=1S/C15H10O5.Na.H/c16-9-3-1-8(2-4-9)13-7-12(19)15-11(18)5-10(17)6-14(15)20-13;;/h1-7,16-18H;;/q;+1;-1. The molecule has 5 nitrogen and oxygen atoms in total. The Morgan fingerprint density at radius 1 is 0.905 bits per heavy atom. The van der Waals surface area contributed by atoms with Crippen LogP contribution in [0.4, 0.5) is 0 Å². The smallest absolute Gasteiger partial charge is 1.00 e. The number of aromatic hydroxyl groups is 3. The Morgan fingerprint density at radius 3 is 2.24 bits per heavy atom. The summed E-state index contributed by atoms with van der Waals surface area (Å²) in [6.07, 6.45) is 0. The van der Waals surface area contributed by atoms with Crippen molar-refractivity contribution >= 4 is 11.0 Å². The fraction of sp³-hybridized carbons (Fsp3) is 0. The summed E-state index contributed by atoms with van der Waals surface area (Å²) in [4.78, 5) is 12.0. The SMILES string of the molecule is O=c1cc(-c2ccc(O)cc2)oc2cc(O)cc(O)c12.[H-].[Na+]. The van der Waals surface area contributed by atoms with E-state index in [0.717, 1.165) is 6.07 Å². The van der Waals surface area contributed by atoms with Crippen LogP contribution in [0.25, 0.3) is 22.3 Å². The number of fused-ring (bicyclic) bond motifs is 1. The predicted molar refractivity (Wildman–Crippen MR) is 74.0 cm³/mol. The van der Waals surface area contributed by atoms with Crippen LogP contribution in [0, 0.1) is 0 Å². The van der Waals surface area contributed by atoms with E-state index in [9.17, 15) is 20.1 Å². The van der Waals surface area contributed by atoms with Gasteiger partial charge in [0.2, 0.25) is 0 Å². The second-order valence-corrected chi connectivity index (χ2v) is 4.36. The molecule has 3 aromatic rings. The molecule has 3 rings (SSSR count). The number of phenolic OH excluding ortho intramolecular Hbond substituents is 3. The molecule has 0 spiro atoms. The van der Waals surface area contributed by atoms with Crippen LogP contribution in [-0.2, 0) is 0 Å². The summed E-state index contributed by atoms with van der Waals surface area (Å²) in [5, 5.41) is 28.4. The van der Waals surface area contributed by atoms with Gasteiger partial charge in [0, 0.05) is 23.8 Å². The third-order valence-electron chi connectivity index (χ3n) is 2.95. The van der Waals surface area contributed by atoms with Crippen LogP contribution in [0.1, 0.15) is 1.43 Å². The second kappa shape index (κ2) is 5.81. The molecule has 0 aliphatic rings. The van der Waals surface area contributed by atoms with Crippen molar-refractivity contribution in [2.45, 2.75) is 0 Å². The minimum absolute atomic E-state index is 0. The van der Waals surface area contributed by atoms with E-state index in [-0.39, 0.29) is 65.0 Å². The molecule has 0 aliphatic heterocycles. The predicted octanol–water partition coefficient (Wildman–Crippen LogP) is -0.307. The number of rotatable bonds is 1. The van der Waals surface area contributed by atoms with Gasteiger partial charge in [0.15, 0.2) is 5.43 Å². The Balaban J connectivity index is 0.00000121. The molecule has 21 heavy (non-hydrogen) atoms. The van der Waals surface area contributed by atoms with E-state index in [4.69, 9.17) is 4.42 Å². The van der Waals surface area contributed by atoms with Gasteiger partial charge in [-0.05, 0) is 24.3 Å². The molecule has 0 aliphatic carbocycles. The Labute approximate surface area is 142 Å². The zero-order valence-corrected chi connectivity index (χ0v) is 13.2. The zero-order chi connectivity index (χ0) is 14.3. The summed E-state index contributed by atoms with van der Waals surface area (Å²) in [7, 11) is 0. The van der Waals surface area contributed by atoms with Crippen molar-refractivity contribution in [3.05, 3.63) is 52.7 Å². The number of phenols is 3. The van der Waals surface area contributed by atoms with Gasteiger partial charge in [0.1, 0.15) is 34.0 Å². The quantitative estimate of drug-likeness (QED) is 0.536. The Bertz CT molecular complexity index is 858. The van der Waals surface area contributed by atoms with Crippen LogP contribution >= 0.6 is 0 Å². The van der Waals surface area contributed by atoms with Crippen LogP contribution in [-0.4, -0.2) is 15.3 Å². The van der Waals surface area contributed by atoms with Crippen molar-refractivity contribution in [1.82, 2.24) is 0 Å². The molecule has 2 aromatic carbocycles. The third-order valence-corrected chi connectivity index (χ3v) is 2.95. The van der Waals surface area contributed by atoms with Gasteiger partial charge in [0.05, 0.1) is 0 Å². The minimum Gasteiger partial charge on any atom is -1.00 e. The first-order valence-electron chi connectivity index (χ1n) is 5.84. The molecule has 102 valence electrons. The normalized spacial score (nSPS) is 10.3. The molecule has 3 N–H and O–H groups in total. The molecular formula is C15H11NaO5. The van der Waals surface area contributed by atoms with E-state index in [2.05, 4.69) is 0 Å². The van der Waals surface area contributed by atoms with Gasteiger partial charge in [-0.1, -0.05) is 0 Å². The summed E-state index contributed by atoms with van der Waals surface area (Å²) >= 11 is 0. The Morgan fingerprint density at radius 2 is 1.57 bits per heavy atom. The number of benzene rings is 2. The molecule has 1 heterocycles. The van der Waals surface area contributed by atoms with Gasteiger partial charge in [-0.25, -0.2) is 0 Å². The molecule has 0 atom stereocenters. The van der Waals surface area contributed by atoms with Crippen molar-refractivity contribution < 1.29 is 50.7 Å². The largest absolute Gasteiger partial charge is 1.00 e. The van der Waals surface area contributed by atoms with Crippen molar-refractivity contribution in [3.8, 4) is 28.6 Å².